The molecule has 4 heteroatoms. The lowest BCUT2D eigenvalue weighted by Crippen LogP contribution is -2.02. The second-order valence-corrected chi connectivity index (χ2v) is 4.74. The second-order valence-electron chi connectivity index (χ2n) is 3.88. The van der Waals surface area contributed by atoms with Crippen LogP contribution in [-0.2, 0) is 0 Å². The minimum atomic E-state index is 0.536. The molecule has 3 N–H and O–H groups in total. The molecule has 17 heavy (non-hydrogen) atoms. The number of oxime groups is 1. The van der Waals surface area contributed by atoms with Gasteiger partial charge in [-0.25, -0.2) is 0 Å². The zero-order chi connectivity index (χ0) is 12.0. The molecule has 0 aliphatic heterocycles. The molecule has 0 heterocycles. The Morgan fingerprint density at radius 2 is 1.71 bits per heavy atom. The normalized spacial score (nSPS) is 14.8. The maximum Gasteiger partial charge on any atom is 0.120 e. The van der Waals surface area contributed by atoms with E-state index in [0.29, 0.717) is 11.4 Å². The van der Waals surface area contributed by atoms with E-state index in [0.717, 1.165) is 26.7 Å². The van der Waals surface area contributed by atoms with Crippen molar-refractivity contribution in [1.29, 1.82) is 0 Å². The zero-order valence-corrected chi connectivity index (χ0v) is 10.4. The summed E-state index contributed by atoms with van der Waals surface area (Å²) in [6, 6.07) is 11.5. The van der Waals surface area contributed by atoms with Gasteiger partial charge in [-0.05, 0) is 17.7 Å². The number of nitrogens with two attached hydrogens (primary N) is 1. The Balaban J connectivity index is 2.48. The third-order valence-electron chi connectivity index (χ3n) is 2.98. The SMILES string of the molecule is Nc1ccc(Br)c2c1/C(=N/O)c1ccccc1-2. The molecule has 3 rings (SSSR count). The van der Waals surface area contributed by atoms with Gasteiger partial charge < -0.3 is 10.9 Å². The van der Waals surface area contributed by atoms with Crippen LogP contribution in [0.1, 0.15) is 11.1 Å². The predicted molar refractivity (Wildman–Crippen MR) is 71.4 cm³/mol. The third kappa shape index (κ3) is 1.31. The van der Waals surface area contributed by atoms with Crippen LogP contribution < -0.4 is 5.73 Å². The largest absolute Gasteiger partial charge is 0.410 e. The third-order valence-corrected chi connectivity index (χ3v) is 3.64. The Labute approximate surface area is 107 Å². The molecule has 0 radical (unpaired) electrons. The summed E-state index contributed by atoms with van der Waals surface area (Å²) in [5.41, 5.74) is 10.9. The highest BCUT2D eigenvalue weighted by Crippen LogP contribution is 2.43. The standard InChI is InChI=1S/C13H9BrN2O/c14-9-5-6-10(15)12-11(9)7-3-1-2-4-8(7)13(12)16-17/h1-6,17H,15H2/b16-13+. The van der Waals surface area contributed by atoms with Gasteiger partial charge in [-0.1, -0.05) is 45.4 Å². The number of fused-ring (bicyclic) bond motifs is 3. The summed E-state index contributed by atoms with van der Waals surface area (Å²) in [6.07, 6.45) is 0. The molecule has 0 unspecified atom stereocenters. The number of rotatable bonds is 0. The summed E-state index contributed by atoms with van der Waals surface area (Å²) in [6.45, 7) is 0. The number of anilines is 1. The first-order valence-electron chi connectivity index (χ1n) is 5.14. The molecule has 1 aliphatic carbocycles. The molecule has 2 aromatic carbocycles. The van der Waals surface area contributed by atoms with Crippen LogP contribution in [0.2, 0.25) is 0 Å². The van der Waals surface area contributed by atoms with Gasteiger partial charge in [0.2, 0.25) is 0 Å². The summed E-state index contributed by atoms with van der Waals surface area (Å²) in [7, 11) is 0. The van der Waals surface area contributed by atoms with E-state index < -0.39 is 0 Å². The molecular weight excluding hydrogens is 280 g/mol. The van der Waals surface area contributed by atoms with Gasteiger partial charge >= 0.3 is 0 Å². The molecule has 0 amide bonds. The first-order chi connectivity index (χ1) is 8.24. The number of nitrogen functional groups attached to an aromatic ring is 1. The van der Waals surface area contributed by atoms with Crippen molar-refractivity contribution >= 4 is 27.3 Å². The number of hydrogen-bond donors (Lipinski definition) is 2. The van der Waals surface area contributed by atoms with Gasteiger partial charge in [0.15, 0.2) is 0 Å². The van der Waals surface area contributed by atoms with Crippen molar-refractivity contribution in [2.45, 2.75) is 0 Å². The van der Waals surface area contributed by atoms with E-state index >= 15 is 0 Å². The fourth-order valence-corrected chi connectivity index (χ4v) is 2.80. The van der Waals surface area contributed by atoms with Gasteiger partial charge in [0.25, 0.3) is 0 Å². The van der Waals surface area contributed by atoms with E-state index in [2.05, 4.69) is 21.1 Å². The van der Waals surface area contributed by atoms with Crippen molar-refractivity contribution < 1.29 is 5.21 Å². The highest BCUT2D eigenvalue weighted by atomic mass is 79.9. The van der Waals surface area contributed by atoms with Gasteiger partial charge in [0.05, 0.1) is 0 Å². The summed E-state index contributed by atoms with van der Waals surface area (Å²) >= 11 is 3.52. The smallest absolute Gasteiger partial charge is 0.120 e. The molecule has 0 atom stereocenters. The topological polar surface area (TPSA) is 58.6 Å². The fourth-order valence-electron chi connectivity index (χ4n) is 2.26. The molecule has 1 aliphatic rings. The monoisotopic (exact) mass is 288 g/mol. The minimum absolute atomic E-state index is 0.536. The molecule has 0 saturated carbocycles. The van der Waals surface area contributed by atoms with Crippen molar-refractivity contribution in [1.82, 2.24) is 0 Å². The van der Waals surface area contributed by atoms with E-state index in [9.17, 15) is 5.21 Å². The molecule has 2 aromatic rings. The average Bonchev–Trinajstić information content (AvgIpc) is 2.69. The van der Waals surface area contributed by atoms with Gasteiger partial charge in [0.1, 0.15) is 5.71 Å². The molecular formula is C13H9BrN2O. The van der Waals surface area contributed by atoms with Crippen LogP contribution in [0.25, 0.3) is 11.1 Å². The highest BCUT2D eigenvalue weighted by Gasteiger charge is 2.28. The molecule has 0 saturated heterocycles. The Hall–Kier alpha value is -1.81. The Kier molecular flexibility index (Phi) is 2.19. The van der Waals surface area contributed by atoms with Crippen molar-refractivity contribution in [3.05, 3.63) is 52.0 Å². The number of hydrogen-bond acceptors (Lipinski definition) is 3. The van der Waals surface area contributed by atoms with Crippen molar-refractivity contribution in [2.75, 3.05) is 5.73 Å². The maximum absolute atomic E-state index is 9.19. The Morgan fingerprint density at radius 1 is 1.00 bits per heavy atom. The summed E-state index contributed by atoms with van der Waals surface area (Å²) in [5.74, 6) is 0. The lowest BCUT2D eigenvalue weighted by Gasteiger charge is -2.06. The average molecular weight is 289 g/mol. The van der Waals surface area contributed by atoms with Crippen LogP contribution in [0.15, 0.2) is 46.0 Å². The van der Waals surface area contributed by atoms with Crippen molar-refractivity contribution in [3.63, 3.8) is 0 Å². The quantitative estimate of drug-likeness (QED) is 0.379. The van der Waals surface area contributed by atoms with E-state index in [1.54, 1.807) is 6.07 Å². The summed E-state index contributed by atoms with van der Waals surface area (Å²) < 4.78 is 0.952. The maximum atomic E-state index is 9.19. The van der Waals surface area contributed by atoms with Gasteiger partial charge in [0, 0.05) is 26.9 Å². The summed E-state index contributed by atoms with van der Waals surface area (Å²) in [5, 5.41) is 12.6. The number of nitrogens with zero attached hydrogens (tertiary/aromatic N) is 1. The fraction of sp³-hybridized carbons (Fsp3) is 0. The molecule has 0 spiro atoms. The van der Waals surface area contributed by atoms with Crippen LogP contribution in [0.3, 0.4) is 0 Å². The van der Waals surface area contributed by atoms with Crippen LogP contribution in [0, 0.1) is 0 Å². The predicted octanol–water partition coefficient (Wildman–Crippen LogP) is 3.24. The van der Waals surface area contributed by atoms with Crippen LogP contribution in [0.5, 0.6) is 0 Å². The van der Waals surface area contributed by atoms with E-state index in [1.807, 2.05) is 30.3 Å². The molecule has 84 valence electrons. The second kappa shape index (κ2) is 3.60. The van der Waals surface area contributed by atoms with Gasteiger partial charge in [-0.3, -0.25) is 0 Å². The molecule has 0 bridgehead atoms. The van der Waals surface area contributed by atoms with Crippen LogP contribution in [0.4, 0.5) is 5.69 Å². The molecule has 0 fully saturated rings. The van der Waals surface area contributed by atoms with Crippen molar-refractivity contribution in [2.24, 2.45) is 5.16 Å². The molecule has 0 aromatic heterocycles. The summed E-state index contributed by atoms with van der Waals surface area (Å²) in [4.78, 5) is 0. The van der Waals surface area contributed by atoms with Crippen molar-refractivity contribution in [3.8, 4) is 11.1 Å². The van der Waals surface area contributed by atoms with E-state index in [1.165, 1.54) is 0 Å². The van der Waals surface area contributed by atoms with Crippen LogP contribution >= 0.6 is 15.9 Å². The lowest BCUT2D eigenvalue weighted by atomic mass is 10.1. The van der Waals surface area contributed by atoms with E-state index in [4.69, 9.17) is 5.73 Å². The lowest BCUT2D eigenvalue weighted by molar-refractivity contribution is 0.320. The number of benzene rings is 2. The van der Waals surface area contributed by atoms with Crippen LogP contribution in [-0.4, -0.2) is 10.9 Å². The van der Waals surface area contributed by atoms with Gasteiger partial charge in [-0.2, -0.15) is 0 Å². The zero-order valence-electron chi connectivity index (χ0n) is 8.81. The Morgan fingerprint density at radius 3 is 2.41 bits per heavy atom. The number of halogens is 1. The molecule has 3 nitrogen and oxygen atoms in total. The first kappa shape index (κ1) is 10.4. The first-order valence-corrected chi connectivity index (χ1v) is 5.93. The van der Waals surface area contributed by atoms with Gasteiger partial charge in [-0.15, -0.1) is 0 Å². The Bertz CT molecular complexity index is 650. The van der Waals surface area contributed by atoms with E-state index in [-0.39, 0.29) is 0 Å². The minimum Gasteiger partial charge on any atom is -0.410 e. The highest BCUT2D eigenvalue weighted by molar-refractivity contribution is 9.10.